The van der Waals surface area contributed by atoms with Crippen molar-refractivity contribution in [3.8, 4) is 0 Å². The van der Waals surface area contributed by atoms with Gasteiger partial charge in [-0.3, -0.25) is 9.59 Å². The second-order valence-corrected chi connectivity index (χ2v) is 3.79. The number of rotatable bonds is 2. The maximum Gasteiger partial charge on any atom is 0.306 e. The Balaban J connectivity index is 2.50. The average molecular weight is 185 g/mol. The molecule has 0 heterocycles. The van der Waals surface area contributed by atoms with Crippen LogP contribution in [0.2, 0.25) is 0 Å². The molecule has 1 aliphatic carbocycles. The van der Waals surface area contributed by atoms with E-state index in [0.29, 0.717) is 6.42 Å². The van der Waals surface area contributed by atoms with Crippen LogP contribution in [-0.4, -0.2) is 23.0 Å². The highest BCUT2D eigenvalue weighted by Crippen LogP contribution is 2.31. The molecule has 13 heavy (non-hydrogen) atoms. The molecular formula is C9H15NO3. The fraction of sp³-hybridized carbons (Fsp3) is 0.778. The number of aliphatic carboxylic acids is 1. The summed E-state index contributed by atoms with van der Waals surface area (Å²) >= 11 is 0. The van der Waals surface area contributed by atoms with Crippen LogP contribution in [0.3, 0.4) is 0 Å². The fourth-order valence-corrected chi connectivity index (χ4v) is 2.00. The number of hydrogen-bond acceptors (Lipinski definition) is 2. The third-order valence-electron chi connectivity index (χ3n) is 2.61. The number of hydrogen-bond donors (Lipinski definition) is 2. The maximum absolute atomic E-state index is 10.7. The zero-order chi connectivity index (χ0) is 10.0. The summed E-state index contributed by atoms with van der Waals surface area (Å²) in [5, 5.41) is 11.6. The van der Waals surface area contributed by atoms with E-state index in [1.54, 1.807) is 0 Å². The van der Waals surface area contributed by atoms with Crippen LogP contribution in [0.5, 0.6) is 0 Å². The molecule has 0 aliphatic heterocycles. The molecule has 4 heteroatoms. The Kier molecular flexibility index (Phi) is 2.90. The zero-order valence-corrected chi connectivity index (χ0v) is 7.91. The second-order valence-electron chi connectivity index (χ2n) is 3.79. The van der Waals surface area contributed by atoms with Gasteiger partial charge in [0.25, 0.3) is 0 Å². The maximum atomic E-state index is 10.7. The van der Waals surface area contributed by atoms with Crippen LogP contribution in [0, 0.1) is 11.8 Å². The van der Waals surface area contributed by atoms with Crippen molar-refractivity contribution in [2.75, 3.05) is 0 Å². The van der Waals surface area contributed by atoms with Crippen LogP contribution < -0.4 is 5.32 Å². The summed E-state index contributed by atoms with van der Waals surface area (Å²) in [5.41, 5.74) is 0. The Morgan fingerprint density at radius 3 is 2.38 bits per heavy atom. The van der Waals surface area contributed by atoms with Gasteiger partial charge in [0.2, 0.25) is 5.91 Å². The van der Waals surface area contributed by atoms with Crippen LogP contribution in [0.4, 0.5) is 0 Å². The van der Waals surface area contributed by atoms with Gasteiger partial charge in [-0.25, -0.2) is 0 Å². The van der Waals surface area contributed by atoms with Crippen LogP contribution in [0.1, 0.15) is 26.7 Å². The number of carboxylic acids is 1. The highest BCUT2D eigenvalue weighted by molar-refractivity contribution is 5.74. The molecule has 1 aliphatic rings. The zero-order valence-electron chi connectivity index (χ0n) is 7.91. The number of amides is 1. The van der Waals surface area contributed by atoms with Gasteiger partial charge in [-0.15, -0.1) is 0 Å². The Bertz CT molecular complexity index is 227. The van der Waals surface area contributed by atoms with Crippen LogP contribution in [0.25, 0.3) is 0 Å². The van der Waals surface area contributed by atoms with E-state index in [9.17, 15) is 9.59 Å². The quantitative estimate of drug-likeness (QED) is 0.662. The molecule has 74 valence electrons. The Morgan fingerprint density at radius 2 is 2.00 bits per heavy atom. The molecule has 1 saturated carbocycles. The highest BCUT2D eigenvalue weighted by atomic mass is 16.4. The first-order valence-electron chi connectivity index (χ1n) is 4.50. The van der Waals surface area contributed by atoms with Crippen molar-refractivity contribution < 1.29 is 14.7 Å². The van der Waals surface area contributed by atoms with Gasteiger partial charge >= 0.3 is 5.97 Å². The van der Waals surface area contributed by atoms with Gasteiger partial charge in [0.15, 0.2) is 0 Å². The van der Waals surface area contributed by atoms with Crippen molar-refractivity contribution in [1.82, 2.24) is 5.32 Å². The molecule has 2 N–H and O–H groups in total. The fourth-order valence-electron chi connectivity index (χ4n) is 2.00. The molecule has 0 radical (unpaired) electrons. The van der Waals surface area contributed by atoms with E-state index in [1.165, 1.54) is 6.92 Å². The third-order valence-corrected chi connectivity index (χ3v) is 2.61. The molecule has 0 aromatic rings. The molecule has 0 aromatic carbocycles. The van der Waals surface area contributed by atoms with Gasteiger partial charge < -0.3 is 10.4 Å². The second kappa shape index (κ2) is 3.77. The van der Waals surface area contributed by atoms with E-state index in [0.717, 1.165) is 6.42 Å². The van der Waals surface area contributed by atoms with Gasteiger partial charge in [0.05, 0.1) is 5.92 Å². The Hall–Kier alpha value is -1.06. The van der Waals surface area contributed by atoms with E-state index in [1.807, 2.05) is 6.92 Å². The van der Waals surface area contributed by atoms with Crippen molar-refractivity contribution in [3.63, 3.8) is 0 Å². The van der Waals surface area contributed by atoms with Crippen LogP contribution in [0.15, 0.2) is 0 Å². The number of carboxylic acid groups (broad SMARTS) is 1. The molecule has 1 rings (SSSR count). The normalized spacial score (nSPS) is 32.9. The summed E-state index contributed by atoms with van der Waals surface area (Å²) in [6.07, 6.45) is 1.34. The number of nitrogens with one attached hydrogen (secondary N) is 1. The smallest absolute Gasteiger partial charge is 0.306 e. The van der Waals surface area contributed by atoms with Crippen molar-refractivity contribution in [2.45, 2.75) is 32.7 Å². The molecule has 1 amide bonds. The van der Waals surface area contributed by atoms with Crippen molar-refractivity contribution in [2.24, 2.45) is 11.8 Å². The summed E-state index contributed by atoms with van der Waals surface area (Å²) in [6.45, 7) is 3.37. The SMILES string of the molecule is CC(=O)N[C@H]1C[C@H](C(=O)O)[C@@H](C)C1. The topological polar surface area (TPSA) is 66.4 Å². The van der Waals surface area contributed by atoms with E-state index >= 15 is 0 Å². The van der Waals surface area contributed by atoms with Crippen molar-refractivity contribution in [3.05, 3.63) is 0 Å². The summed E-state index contributed by atoms with van der Waals surface area (Å²) < 4.78 is 0. The number of carbonyl (C=O) groups excluding carboxylic acids is 1. The number of carbonyl (C=O) groups is 2. The lowest BCUT2D eigenvalue weighted by Crippen LogP contribution is -2.31. The molecule has 3 atom stereocenters. The lowest BCUT2D eigenvalue weighted by Gasteiger charge is -2.09. The molecule has 4 nitrogen and oxygen atoms in total. The van der Waals surface area contributed by atoms with E-state index in [2.05, 4.69) is 5.32 Å². The largest absolute Gasteiger partial charge is 0.481 e. The Morgan fingerprint density at radius 1 is 1.38 bits per heavy atom. The molecule has 0 bridgehead atoms. The van der Waals surface area contributed by atoms with Gasteiger partial charge in [-0.2, -0.15) is 0 Å². The third kappa shape index (κ3) is 2.44. The van der Waals surface area contributed by atoms with Gasteiger partial charge in [-0.05, 0) is 18.8 Å². The minimum atomic E-state index is -0.750. The van der Waals surface area contributed by atoms with E-state index in [-0.39, 0.29) is 23.8 Å². The van der Waals surface area contributed by atoms with Crippen molar-refractivity contribution in [1.29, 1.82) is 0 Å². The molecule has 0 saturated heterocycles. The summed E-state index contributed by atoms with van der Waals surface area (Å²) in [5.74, 6) is -0.963. The lowest BCUT2D eigenvalue weighted by atomic mass is 9.99. The molecule has 0 unspecified atom stereocenters. The lowest BCUT2D eigenvalue weighted by molar-refractivity contribution is -0.142. The molecule has 0 aromatic heterocycles. The van der Waals surface area contributed by atoms with Gasteiger partial charge in [0.1, 0.15) is 0 Å². The minimum absolute atomic E-state index is 0.0496. The standard InChI is InChI=1S/C9H15NO3/c1-5-3-7(10-6(2)11)4-8(5)9(12)13/h5,7-8H,3-4H2,1-2H3,(H,10,11)(H,12,13)/t5-,7+,8-/m0/s1. The summed E-state index contributed by atoms with van der Waals surface area (Å²) in [7, 11) is 0. The monoisotopic (exact) mass is 185 g/mol. The van der Waals surface area contributed by atoms with E-state index in [4.69, 9.17) is 5.11 Å². The predicted molar refractivity (Wildman–Crippen MR) is 47.1 cm³/mol. The van der Waals surface area contributed by atoms with E-state index < -0.39 is 5.97 Å². The molecule has 1 fully saturated rings. The van der Waals surface area contributed by atoms with Gasteiger partial charge in [0, 0.05) is 13.0 Å². The summed E-state index contributed by atoms with van der Waals surface area (Å²) in [4.78, 5) is 21.5. The van der Waals surface area contributed by atoms with Crippen LogP contribution in [-0.2, 0) is 9.59 Å². The molecular weight excluding hydrogens is 170 g/mol. The van der Waals surface area contributed by atoms with Crippen molar-refractivity contribution >= 4 is 11.9 Å². The first kappa shape index (κ1) is 10.0. The van der Waals surface area contributed by atoms with Gasteiger partial charge in [-0.1, -0.05) is 6.92 Å². The first-order chi connectivity index (χ1) is 6.00. The molecule has 0 spiro atoms. The minimum Gasteiger partial charge on any atom is -0.481 e. The highest BCUT2D eigenvalue weighted by Gasteiger charge is 2.36. The first-order valence-corrected chi connectivity index (χ1v) is 4.50. The Labute approximate surface area is 77.3 Å². The average Bonchev–Trinajstić information content (AvgIpc) is 2.29. The summed E-state index contributed by atoms with van der Waals surface area (Å²) in [6, 6.07) is 0.0496. The van der Waals surface area contributed by atoms with Crippen LogP contribution >= 0.6 is 0 Å². The predicted octanol–water partition coefficient (Wildman–Crippen LogP) is 0.622.